The number of aromatic nitrogens is 3. The molecule has 23 heavy (non-hydrogen) atoms. The minimum Gasteiger partial charge on any atom is -0.307 e. The molecule has 0 bridgehead atoms. The summed E-state index contributed by atoms with van der Waals surface area (Å²) in [5.41, 5.74) is 6.22. The number of hydrogen-bond acceptors (Lipinski definition) is 1. The van der Waals surface area contributed by atoms with Gasteiger partial charge >= 0.3 is 0 Å². The molecule has 2 heterocycles. The van der Waals surface area contributed by atoms with Crippen LogP contribution >= 0.6 is 0 Å². The third kappa shape index (κ3) is 1.99. The lowest BCUT2D eigenvalue weighted by Crippen LogP contribution is -2.10. The molecular formula is C20H23N3. The lowest BCUT2D eigenvalue weighted by Gasteiger charge is -2.19. The van der Waals surface area contributed by atoms with Crippen LogP contribution in [0.15, 0.2) is 42.5 Å². The van der Waals surface area contributed by atoms with Crippen LogP contribution in [0.1, 0.15) is 46.2 Å². The summed E-state index contributed by atoms with van der Waals surface area (Å²) in [6.45, 7) is 11.2. The molecule has 3 nitrogen and oxygen atoms in total. The molecule has 0 spiro atoms. The zero-order valence-electron chi connectivity index (χ0n) is 14.5. The zero-order valence-corrected chi connectivity index (χ0v) is 14.5. The molecule has 2 aromatic heterocycles. The first-order valence-corrected chi connectivity index (χ1v) is 8.29. The summed E-state index contributed by atoms with van der Waals surface area (Å²) in [6.07, 6.45) is 0. The van der Waals surface area contributed by atoms with Crippen LogP contribution in [-0.4, -0.2) is 14.0 Å². The quantitative estimate of drug-likeness (QED) is 0.466. The Kier molecular flexibility index (Phi) is 2.87. The monoisotopic (exact) mass is 305 g/mol. The minimum absolute atomic E-state index is 0.136. The van der Waals surface area contributed by atoms with Gasteiger partial charge in [0.25, 0.3) is 0 Å². The molecule has 4 rings (SSSR count). The van der Waals surface area contributed by atoms with Gasteiger partial charge in [0.05, 0.1) is 22.1 Å². The topological polar surface area (TPSA) is 22.2 Å². The summed E-state index contributed by atoms with van der Waals surface area (Å²) in [7, 11) is 0. The van der Waals surface area contributed by atoms with Gasteiger partial charge in [0.2, 0.25) is 5.78 Å². The second kappa shape index (κ2) is 4.60. The Hall–Kier alpha value is -2.29. The molecule has 0 unspecified atom stereocenters. The van der Waals surface area contributed by atoms with E-state index in [1.165, 1.54) is 22.1 Å². The first kappa shape index (κ1) is 14.3. The molecule has 0 saturated carbocycles. The molecule has 0 aliphatic rings. The molecular weight excluding hydrogens is 282 g/mol. The van der Waals surface area contributed by atoms with Crippen LogP contribution in [-0.2, 0) is 5.41 Å². The van der Waals surface area contributed by atoms with Crippen molar-refractivity contribution in [2.24, 2.45) is 0 Å². The average Bonchev–Trinajstić information content (AvgIpc) is 2.99. The maximum absolute atomic E-state index is 4.89. The van der Waals surface area contributed by atoms with Crippen molar-refractivity contribution in [1.82, 2.24) is 14.0 Å². The predicted octanol–water partition coefficient (Wildman–Crippen LogP) is 5.32. The standard InChI is InChI=1S/C20H23N3/c1-13(2)22-17-11-10-14(20(3,4)5)12-18(17)23-16-9-7-6-8-15(16)21-19(22)23/h6-13H,1-5H3. The molecule has 2 aromatic carbocycles. The maximum atomic E-state index is 4.89. The number of nitrogens with zero attached hydrogens (tertiary/aromatic N) is 3. The largest absolute Gasteiger partial charge is 0.307 e. The number of fused-ring (bicyclic) bond motifs is 5. The van der Waals surface area contributed by atoms with E-state index in [1.807, 2.05) is 0 Å². The number of imidazole rings is 2. The van der Waals surface area contributed by atoms with Gasteiger partial charge in [-0.05, 0) is 49.1 Å². The van der Waals surface area contributed by atoms with Crippen LogP contribution in [0, 0.1) is 0 Å². The van der Waals surface area contributed by atoms with Crippen LogP contribution in [0.5, 0.6) is 0 Å². The molecule has 0 saturated heterocycles. The van der Waals surface area contributed by atoms with Gasteiger partial charge in [0, 0.05) is 6.04 Å². The molecule has 0 fully saturated rings. The van der Waals surface area contributed by atoms with Crippen molar-refractivity contribution in [3.63, 3.8) is 0 Å². The van der Waals surface area contributed by atoms with Crippen LogP contribution in [0.4, 0.5) is 0 Å². The second-order valence-electron chi connectivity index (χ2n) is 7.65. The number of para-hydroxylation sites is 2. The van der Waals surface area contributed by atoms with Gasteiger partial charge in [-0.15, -0.1) is 0 Å². The molecule has 0 aliphatic heterocycles. The molecule has 0 aliphatic carbocycles. The van der Waals surface area contributed by atoms with Crippen LogP contribution in [0.2, 0.25) is 0 Å². The number of hydrogen-bond donors (Lipinski definition) is 0. The highest BCUT2D eigenvalue weighted by Gasteiger charge is 2.20. The predicted molar refractivity (Wildman–Crippen MR) is 97.3 cm³/mol. The van der Waals surface area contributed by atoms with Crippen LogP contribution in [0.25, 0.3) is 27.8 Å². The Labute approximate surface area is 136 Å². The van der Waals surface area contributed by atoms with E-state index in [0.717, 1.165) is 11.3 Å². The Morgan fingerprint density at radius 1 is 0.913 bits per heavy atom. The fourth-order valence-electron chi connectivity index (χ4n) is 3.40. The van der Waals surface area contributed by atoms with Gasteiger partial charge in [0.15, 0.2) is 0 Å². The molecule has 0 amide bonds. The summed E-state index contributed by atoms with van der Waals surface area (Å²) >= 11 is 0. The Morgan fingerprint density at radius 2 is 1.65 bits per heavy atom. The first-order valence-electron chi connectivity index (χ1n) is 8.29. The second-order valence-corrected chi connectivity index (χ2v) is 7.65. The fraction of sp³-hybridized carbons (Fsp3) is 0.350. The van der Waals surface area contributed by atoms with Crippen molar-refractivity contribution >= 4 is 27.8 Å². The van der Waals surface area contributed by atoms with E-state index in [-0.39, 0.29) is 5.41 Å². The number of benzene rings is 2. The van der Waals surface area contributed by atoms with Crippen molar-refractivity contribution in [3.8, 4) is 0 Å². The highest BCUT2D eigenvalue weighted by Crippen LogP contribution is 2.32. The summed E-state index contributed by atoms with van der Waals surface area (Å²) < 4.78 is 4.64. The van der Waals surface area contributed by atoms with E-state index in [0.29, 0.717) is 6.04 Å². The van der Waals surface area contributed by atoms with Crippen LogP contribution in [0.3, 0.4) is 0 Å². The first-order chi connectivity index (χ1) is 10.9. The van der Waals surface area contributed by atoms with E-state index in [9.17, 15) is 0 Å². The summed E-state index contributed by atoms with van der Waals surface area (Å²) in [5, 5.41) is 0. The van der Waals surface area contributed by atoms with E-state index in [2.05, 4.69) is 86.1 Å². The highest BCUT2D eigenvalue weighted by atomic mass is 15.2. The van der Waals surface area contributed by atoms with Gasteiger partial charge in [-0.1, -0.05) is 39.0 Å². The van der Waals surface area contributed by atoms with Crippen molar-refractivity contribution in [1.29, 1.82) is 0 Å². The molecule has 118 valence electrons. The lowest BCUT2D eigenvalue weighted by molar-refractivity contribution is 0.590. The summed E-state index contributed by atoms with van der Waals surface area (Å²) in [4.78, 5) is 4.89. The smallest absolute Gasteiger partial charge is 0.216 e. The van der Waals surface area contributed by atoms with Gasteiger partial charge in [0.1, 0.15) is 0 Å². The molecule has 0 radical (unpaired) electrons. The molecule has 4 aromatic rings. The maximum Gasteiger partial charge on any atom is 0.216 e. The Balaban J connectivity index is 2.22. The van der Waals surface area contributed by atoms with E-state index in [4.69, 9.17) is 4.98 Å². The van der Waals surface area contributed by atoms with Gasteiger partial charge in [-0.25, -0.2) is 4.98 Å². The Bertz CT molecular complexity index is 1030. The van der Waals surface area contributed by atoms with Crippen LogP contribution < -0.4 is 0 Å². The van der Waals surface area contributed by atoms with Gasteiger partial charge in [-0.3, -0.25) is 4.40 Å². The summed E-state index contributed by atoms with van der Waals surface area (Å²) in [5.74, 6) is 1.03. The van der Waals surface area contributed by atoms with Gasteiger partial charge in [-0.2, -0.15) is 0 Å². The SMILES string of the molecule is CC(C)n1c2ccc(C(C)(C)C)cc2n2c3ccccc3nc12. The van der Waals surface area contributed by atoms with Crippen molar-refractivity contribution in [3.05, 3.63) is 48.0 Å². The van der Waals surface area contributed by atoms with E-state index >= 15 is 0 Å². The Morgan fingerprint density at radius 3 is 2.35 bits per heavy atom. The fourth-order valence-corrected chi connectivity index (χ4v) is 3.40. The van der Waals surface area contributed by atoms with Gasteiger partial charge < -0.3 is 4.57 Å². The van der Waals surface area contributed by atoms with E-state index < -0.39 is 0 Å². The zero-order chi connectivity index (χ0) is 16.4. The van der Waals surface area contributed by atoms with E-state index in [1.54, 1.807) is 0 Å². The normalized spacial score (nSPS) is 13.0. The molecule has 0 atom stereocenters. The lowest BCUT2D eigenvalue weighted by atomic mass is 9.87. The molecule has 3 heteroatoms. The third-order valence-electron chi connectivity index (χ3n) is 4.62. The van der Waals surface area contributed by atoms with Crippen molar-refractivity contribution in [2.75, 3.05) is 0 Å². The third-order valence-corrected chi connectivity index (χ3v) is 4.62. The van der Waals surface area contributed by atoms with Crippen molar-refractivity contribution < 1.29 is 0 Å². The average molecular weight is 305 g/mol. The molecule has 0 N–H and O–H groups in total. The summed E-state index contributed by atoms with van der Waals surface area (Å²) in [6, 6.07) is 15.6. The number of rotatable bonds is 1. The highest BCUT2D eigenvalue weighted by molar-refractivity contribution is 5.91. The van der Waals surface area contributed by atoms with Crippen molar-refractivity contribution in [2.45, 2.75) is 46.1 Å². The minimum atomic E-state index is 0.136.